The van der Waals surface area contributed by atoms with E-state index in [0.29, 0.717) is 17.5 Å². The molecule has 0 amide bonds. The van der Waals surface area contributed by atoms with E-state index in [4.69, 9.17) is 12.2 Å². The van der Waals surface area contributed by atoms with Gasteiger partial charge in [-0.05, 0) is 61.2 Å². The molecule has 0 saturated carbocycles. The number of anilines is 1. The van der Waals surface area contributed by atoms with Crippen LogP contribution in [0.5, 0.6) is 11.5 Å². The molecule has 0 bridgehead atoms. The fourth-order valence-corrected chi connectivity index (χ4v) is 5.95. The van der Waals surface area contributed by atoms with Crippen molar-refractivity contribution in [3.8, 4) is 11.5 Å². The van der Waals surface area contributed by atoms with Crippen LogP contribution in [0.3, 0.4) is 0 Å². The average molecular weight is 470 g/mol. The second-order valence-electron chi connectivity index (χ2n) is 7.81. The van der Waals surface area contributed by atoms with Crippen LogP contribution in [0.25, 0.3) is 0 Å². The largest absolute Gasteiger partial charge is 0.508 e. The minimum Gasteiger partial charge on any atom is -0.508 e. The molecule has 0 spiro atoms. The quantitative estimate of drug-likeness (QED) is 0.364. The van der Waals surface area contributed by atoms with Crippen molar-refractivity contribution in [3.05, 3.63) is 89.7 Å². The van der Waals surface area contributed by atoms with Crippen LogP contribution in [0.4, 0.5) is 10.1 Å². The maximum absolute atomic E-state index is 13.1. The van der Waals surface area contributed by atoms with E-state index < -0.39 is 6.10 Å². The van der Waals surface area contributed by atoms with Gasteiger partial charge in [0.05, 0.1) is 12.1 Å². The van der Waals surface area contributed by atoms with Crippen molar-refractivity contribution in [3.63, 3.8) is 0 Å². The van der Waals surface area contributed by atoms with Gasteiger partial charge in [-0.3, -0.25) is 0 Å². The highest BCUT2D eigenvalue weighted by atomic mass is 32.2. The van der Waals surface area contributed by atoms with Crippen LogP contribution in [0.15, 0.2) is 72.8 Å². The summed E-state index contributed by atoms with van der Waals surface area (Å²) in [5.74, 6) is -0.295. The minimum atomic E-state index is -0.667. The fourth-order valence-electron chi connectivity index (χ4n) is 4.09. The number of aromatic hydroxyl groups is 2. The molecule has 7 heteroatoms. The maximum Gasteiger partial charge on any atom is 0.141 e. The van der Waals surface area contributed by atoms with Gasteiger partial charge in [0.25, 0.3) is 0 Å². The SMILES string of the molecule is Oc1ccc([C@@H]2[C@@H](CCC[C@@H](O)c3ccc(F)cc3)SC(=S)N2c2ccccc2)c(O)c1. The monoisotopic (exact) mass is 469 g/mol. The molecule has 1 fully saturated rings. The lowest BCUT2D eigenvalue weighted by Crippen LogP contribution is -2.29. The fraction of sp³-hybridized carbons (Fsp3) is 0.240. The van der Waals surface area contributed by atoms with Crippen LogP contribution in [0.2, 0.25) is 0 Å². The molecule has 4 nitrogen and oxygen atoms in total. The summed E-state index contributed by atoms with van der Waals surface area (Å²) in [5.41, 5.74) is 2.33. The number of aliphatic hydroxyl groups is 1. The van der Waals surface area contributed by atoms with Gasteiger partial charge in [0.2, 0.25) is 0 Å². The van der Waals surface area contributed by atoms with Crippen LogP contribution >= 0.6 is 24.0 Å². The number of hydrogen-bond acceptors (Lipinski definition) is 5. The number of rotatable bonds is 7. The van der Waals surface area contributed by atoms with Gasteiger partial charge in [0.1, 0.15) is 21.6 Å². The molecule has 32 heavy (non-hydrogen) atoms. The van der Waals surface area contributed by atoms with Gasteiger partial charge in [-0.15, -0.1) is 0 Å². The molecule has 166 valence electrons. The van der Waals surface area contributed by atoms with Crippen molar-refractivity contribution in [2.75, 3.05) is 4.90 Å². The molecule has 3 N–H and O–H groups in total. The lowest BCUT2D eigenvalue weighted by atomic mass is 9.95. The van der Waals surface area contributed by atoms with Gasteiger partial charge in [0, 0.05) is 22.6 Å². The first-order chi connectivity index (χ1) is 15.4. The molecular weight excluding hydrogens is 445 g/mol. The summed E-state index contributed by atoms with van der Waals surface area (Å²) in [4.78, 5) is 2.05. The molecule has 0 radical (unpaired) electrons. The normalized spacial score (nSPS) is 19.3. The van der Waals surface area contributed by atoms with Crippen molar-refractivity contribution in [2.45, 2.75) is 36.7 Å². The Hall–Kier alpha value is -2.61. The summed E-state index contributed by atoms with van der Waals surface area (Å²) in [6.07, 6.45) is 1.36. The molecule has 3 aromatic carbocycles. The van der Waals surface area contributed by atoms with Crippen molar-refractivity contribution in [1.29, 1.82) is 0 Å². The van der Waals surface area contributed by atoms with Crippen LogP contribution in [-0.4, -0.2) is 24.9 Å². The Labute approximate surface area is 196 Å². The van der Waals surface area contributed by atoms with Gasteiger partial charge in [-0.25, -0.2) is 4.39 Å². The second-order valence-corrected chi connectivity index (χ2v) is 9.69. The lowest BCUT2D eigenvalue weighted by molar-refractivity contribution is 0.163. The number of benzene rings is 3. The van der Waals surface area contributed by atoms with Crippen molar-refractivity contribution < 1.29 is 19.7 Å². The third-order valence-corrected chi connectivity index (χ3v) is 7.35. The molecule has 1 heterocycles. The predicted octanol–water partition coefficient (Wildman–Crippen LogP) is 6.09. The molecule has 4 rings (SSSR count). The van der Waals surface area contributed by atoms with E-state index in [9.17, 15) is 19.7 Å². The molecule has 3 atom stereocenters. The molecule has 1 aliphatic heterocycles. The molecule has 1 aliphatic rings. The number of thioether (sulfide) groups is 1. The van der Waals surface area contributed by atoms with Gasteiger partial charge in [-0.1, -0.05) is 54.3 Å². The molecule has 1 saturated heterocycles. The molecule has 0 aromatic heterocycles. The number of aliphatic hydroxyl groups excluding tert-OH is 1. The van der Waals surface area contributed by atoms with Crippen LogP contribution in [0.1, 0.15) is 42.5 Å². The number of hydrogen-bond donors (Lipinski definition) is 3. The van der Waals surface area contributed by atoms with Gasteiger partial charge in [-0.2, -0.15) is 0 Å². The zero-order valence-electron chi connectivity index (χ0n) is 17.3. The van der Waals surface area contributed by atoms with E-state index in [1.54, 1.807) is 36.0 Å². The maximum atomic E-state index is 13.1. The first-order valence-electron chi connectivity index (χ1n) is 10.4. The number of halogens is 1. The van der Waals surface area contributed by atoms with Crippen LogP contribution in [-0.2, 0) is 0 Å². The molecule has 3 aromatic rings. The number of phenolic OH excluding ortho intramolecular Hbond substituents is 2. The Morgan fingerprint density at radius 3 is 2.41 bits per heavy atom. The number of para-hydroxylation sites is 1. The lowest BCUT2D eigenvalue weighted by Gasteiger charge is -2.29. The summed E-state index contributed by atoms with van der Waals surface area (Å²) < 4.78 is 13.9. The highest BCUT2D eigenvalue weighted by molar-refractivity contribution is 8.24. The zero-order valence-corrected chi connectivity index (χ0v) is 18.9. The van der Waals surface area contributed by atoms with Gasteiger partial charge < -0.3 is 20.2 Å². The Bertz CT molecular complexity index is 1080. The van der Waals surface area contributed by atoms with E-state index in [0.717, 1.165) is 22.8 Å². The molecule has 0 aliphatic carbocycles. The first-order valence-corrected chi connectivity index (χ1v) is 11.7. The Balaban J connectivity index is 1.54. The molecule has 0 unspecified atom stereocenters. The van der Waals surface area contributed by atoms with Crippen molar-refractivity contribution >= 4 is 34.0 Å². The third-order valence-electron chi connectivity index (χ3n) is 5.67. The minimum absolute atomic E-state index is 0.00436. The summed E-state index contributed by atoms with van der Waals surface area (Å²) in [6.45, 7) is 0. The van der Waals surface area contributed by atoms with E-state index in [2.05, 4.69) is 0 Å². The van der Waals surface area contributed by atoms with Crippen molar-refractivity contribution in [1.82, 2.24) is 0 Å². The standard InChI is InChI=1S/C25H24FNO3S2/c26-17-11-9-16(10-12-17)21(29)7-4-8-23-24(20-14-13-19(28)15-22(20)30)27(25(31)32-23)18-5-2-1-3-6-18/h1-3,5-6,9-15,21,23-24,28-30H,4,7-8H2/t21-,23-,24-/m1/s1. The topological polar surface area (TPSA) is 63.9 Å². The third kappa shape index (κ3) is 4.90. The van der Waals surface area contributed by atoms with Gasteiger partial charge in [0.15, 0.2) is 0 Å². The van der Waals surface area contributed by atoms with Gasteiger partial charge >= 0.3 is 0 Å². The molecular formula is C25H24FNO3S2. The van der Waals surface area contributed by atoms with E-state index in [1.807, 2.05) is 35.2 Å². The zero-order chi connectivity index (χ0) is 22.7. The second kappa shape index (κ2) is 9.90. The smallest absolute Gasteiger partial charge is 0.141 e. The Morgan fingerprint density at radius 1 is 1.00 bits per heavy atom. The highest BCUT2D eigenvalue weighted by Crippen LogP contribution is 2.49. The summed E-state index contributed by atoms with van der Waals surface area (Å²) in [5, 5.41) is 30.9. The summed E-state index contributed by atoms with van der Waals surface area (Å²) in [7, 11) is 0. The number of thiocarbonyl (C=S) groups is 1. The van der Waals surface area contributed by atoms with E-state index in [-0.39, 0.29) is 28.6 Å². The van der Waals surface area contributed by atoms with Crippen LogP contribution < -0.4 is 4.90 Å². The Kier molecular flexibility index (Phi) is 6.98. The predicted molar refractivity (Wildman–Crippen MR) is 131 cm³/mol. The summed E-state index contributed by atoms with van der Waals surface area (Å²) in [6, 6.07) is 20.2. The number of nitrogens with zero attached hydrogens (tertiary/aromatic N) is 1. The van der Waals surface area contributed by atoms with Crippen molar-refractivity contribution in [2.24, 2.45) is 0 Å². The van der Waals surface area contributed by atoms with E-state index >= 15 is 0 Å². The first kappa shape index (κ1) is 22.6. The summed E-state index contributed by atoms with van der Waals surface area (Å²) >= 11 is 7.30. The number of phenols is 2. The Morgan fingerprint density at radius 2 is 1.72 bits per heavy atom. The van der Waals surface area contributed by atoms with E-state index in [1.165, 1.54) is 18.2 Å². The highest BCUT2D eigenvalue weighted by Gasteiger charge is 2.41. The average Bonchev–Trinajstić information content (AvgIpc) is 3.10. The van der Waals surface area contributed by atoms with Crippen LogP contribution in [0, 0.1) is 5.82 Å².